The summed E-state index contributed by atoms with van der Waals surface area (Å²) < 4.78 is 14.2. The summed E-state index contributed by atoms with van der Waals surface area (Å²) in [4.78, 5) is 10.1. The third-order valence-corrected chi connectivity index (χ3v) is 18.8. The van der Waals surface area contributed by atoms with E-state index < -0.39 is 0 Å². The molecule has 6 nitrogen and oxygen atoms in total. The zero-order valence-corrected chi connectivity index (χ0v) is 50.0. The molecule has 422 valence electrons. The van der Waals surface area contributed by atoms with E-state index in [-0.39, 0.29) is 18.8 Å². The van der Waals surface area contributed by atoms with Gasteiger partial charge >= 0.3 is 0 Å². The van der Waals surface area contributed by atoms with Crippen molar-refractivity contribution < 1.29 is 8.83 Å². The maximum atomic E-state index is 7.16. The fourth-order valence-electron chi connectivity index (χ4n) is 15.0. The lowest BCUT2D eigenvalue weighted by Crippen LogP contribution is -2.65. The van der Waals surface area contributed by atoms with Crippen LogP contribution in [0.5, 0.6) is 0 Å². The minimum atomic E-state index is -0.214. The Labute approximate surface area is 519 Å². The van der Waals surface area contributed by atoms with Gasteiger partial charge in [0.2, 0.25) is 0 Å². The van der Waals surface area contributed by atoms with Gasteiger partial charge in [-0.25, -0.2) is 0 Å². The highest BCUT2D eigenvalue weighted by Crippen LogP contribution is 2.53. The smallest absolute Gasteiger partial charge is 0.252 e. The standard InChI is InChI=1S/C81H60B2N4O2/c1-6-7-8-9-10-20-35-58(53-44-46-54(47-45-53)81(3,4)5)52(2)84-67-49-68-64(48-63(67)82-61-38-23-25-40-65(61)86(56-31-16-12-17-32-56)79-75-59-36-21-27-42-71(59)88-73(75)50-69(84)77(79)82)83-62-39-24-26-41-66(62)87(57-33-18-13-19-34-57)80-76-60-37-22-28-43-72(60)89-74(76)51-70(78(80)83)85(68)55-29-14-11-15-30-55/h6-51H,1H2,2-5H3/b8-7+,10-9+,35-20-,58-52-. The van der Waals surface area contributed by atoms with Crippen LogP contribution in [0.4, 0.5) is 62.6 Å². The van der Waals surface area contributed by atoms with Gasteiger partial charge in [0.05, 0.1) is 22.1 Å². The number of anilines is 11. The van der Waals surface area contributed by atoms with Crippen molar-refractivity contribution in [3.8, 4) is 0 Å². The second-order valence-corrected chi connectivity index (χ2v) is 24.8. The number of rotatable bonds is 9. The van der Waals surface area contributed by atoms with Crippen LogP contribution >= 0.6 is 0 Å². The highest BCUT2D eigenvalue weighted by atomic mass is 16.3. The molecule has 0 atom stereocenters. The van der Waals surface area contributed by atoms with Gasteiger partial charge in [0.25, 0.3) is 13.4 Å². The molecule has 8 heteroatoms. The van der Waals surface area contributed by atoms with Crippen LogP contribution in [-0.2, 0) is 5.41 Å². The van der Waals surface area contributed by atoms with Gasteiger partial charge in [-0.2, -0.15) is 0 Å². The number of para-hydroxylation sites is 7. The van der Waals surface area contributed by atoms with Crippen molar-refractivity contribution in [2.75, 3.05) is 19.6 Å². The molecule has 89 heavy (non-hydrogen) atoms. The Morgan fingerprint density at radius 3 is 1.42 bits per heavy atom. The van der Waals surface area contributed by atoms with Gasteiger partial charge in [-0.3, -0.25) is 0 Å². The third kappa shape index (κ3) is 7.99. The van der Waals surface area contributed by atoms with Crippen molar-refractivity contribution in [2.24, 2.45) is 0 Å². The summed E-state index contributed by atoms with van der Waals surface area (Å²) in [5.41, 5.74) is 27.4. The van der Waals surface area contributed by atoms with Crippen molar-refractivity contribution in [2.45, 2.75) is 33.1 Å². The Bertz CT molecular complexity index is 5190. The Morgan fingerprint density at radius 2 is 0.865 bits per heavy atom. The van der Waals surface area contributed by atoms with E-state index in [1.807, 2.05) is 12.2 Å². The lowest BCUT2D eigenvalue weighted by Gasteiger charge is -2.47. The summed E-state index contributed by atoms with van der Waals surface area (Å²) in [5, 5.41) is 4.36. The van der Waals surface area contributed by atoms with E-state index in [0.29, 0.717) is 0 Å². The van der Waals surface area contributed by atoms with E-state index in [0.717, 1.165) is 123 Å². The molecule has 0 N–H and O–H groups in total. The Hall–Kier alpha value is -11.0. The molecule has 0 bridgehead atoms. The molecule has 0 fully saturated rings. The molecule has 4 aliphatic heterocycles. The molecule has 2 aromatic heterocycles. The quantitative estimate of drug-likeness (QED) is 0.106. The summed E-state index contributed by atoms with van der Waals surface area (Å²) >= 11 is 0. The molecule has 0 spiro atoms. The van der Waals surface area contributed by atoms with Crippen LogP contribution in [-0.4, -0.2) is 13.4 Å². The summed E-state index contributed by atoms with van der Waals surface area (Å²) in [7, 11) is 0. The SMILES string of the molecule is C=C/C=C/C=C/C=C\C(=C(/C)N1c2cc3c(cc2B2c4ccccc4N(c4ccccc4)c4c2c1cc1oc2ccccc2c41)B1c2ccccc2N(c2ccccc2)c2c1c(cc1oc4ccccc4c21)N3c1ccccc1)c1ccc(C(C)(C)C)cc1. The van der Waals surface area contributed by atoms with Crippen molar-refractivity contribution >= 4 is 158 Å². The lowest BCUT2D eigenvalue weighted by atomic mass is 9.30. The summed E-state index contributed by atoms with van der Waals surface area (Å²) in [6, 6.07) is 87.1. The number of hydrogen-bond acceptors (Lipinski definition) is 6. The van der Waals surface area contributed by atoms with Crippen LogP contribution in [0.25, 0.3) is 49.5 Å². The summed E-state index contributed by atoms with van der Waals surface area (Å²) in [6.45, 7) is 12.7. The van der Waals surface area contributed by atoms with E-state index in [4.69, 9.17) is 8.83 Å². The predicted molar refractivity (Wildman–Crippen MR) is 378 cm³/mol. The Balaban J connectivity index is 1.04. The average Bonchev–Trinajstić information content (AvgIpc) is 1.60. The molecule has 13 aromatic rings. The van der Waals surface area contributed by atoms with Crippen molar-refractivity contribution in [3.63, 3.8) is 0 Å². The molecule has 0 amide bonds. The van der Waals surface area contributed by atoms with E-state index >= 15 is 0 Å². The van der Waals surface area contributed by atoms with E-state index in [1.165, 1.54) is 38.3 Å². The van der Waals surface area contributed by atoms with Crippen LogP contribution < -0.4 is 52.4 Å². The first-order chi connectivity index (χ1) is 43.7. The van der Waals surface area contributed by atoms with Gasteiger partial charge in [0, 0.05) is 85.4 Å². The van der Waals surface area contributed by atoms with Gasteiger partial charge in [-0.1, -0.05) is 228 Å². The molecule has 0 saturated heterocycles. The monoisotopic (exact) mass is 1140 g/mol. The maximum Gasteiger partial charge on any atom is 0.252 e. The zero-order valence-electron chi connectivity index (χ0n) is 50.0. The molecule has 0 radical (unpaired) electrons. The first kappa shape index (κ1) is 52.4. The molecule has 0 unspecified atom stereocenters. The third-order valence-electron chi connectivity index (χ3n) is 18.8. The van der Waals surface area contributed by atoms with Crippen LogP contribution in [0.1, 0.15) is 38.8 Å². The summed E-state index contributed by atoms with van der Waals surface area (Å²) in [5.74, 6) is 0. The Morgan fingerprint density at radius 1 is 0.404 bits per heavy atom. The maximum absolute atomic E-state index is 7.16. The highest BCUT2D eigenvalue weighted by molar-refractivity contribution is 7.03. The number of nitrogens with zero attached hydrogens (tertiary/aromatic N) is 4. The molecule has 0 saturated carbocycles. The minimum absolute atomic E-state index is 0.0335. The molecular weight excluding hydrogens is 1080 g/mol. The molecule has 17 rings (SSSR count). The molecular formula is C81H60B2N4O2. The topological polar surface area (TPSA) is 39.2 Å². The van der Waals surface area contributed by atoms with Gasteiger partial charge in [0.1, 0.15) is 22.3 Å². The van der Waals surface area contributed by atoms with Gasteiger partial charge in [-0.05, 0) is 123 Å². The zero-order chi connectivity index (χ0) is 59.6. The van der Waals surface area contributed by atoms with E-state index in [9.17, 15) is 0 Å². The van der Waals surface area contributed by atoms with Crippen molar-refractivity contribution in [1.82, 2.24) is 0 Å². The first-order valence-corrected chi connectivity index (χ1v) is 30.9. The number of hydrogen-bond donors (Lipinski definition) is 0. The molecule has 4 aliphatic rings. The van der Waals surface area contributed by atoms with Crippen LogP contribution in [0.15, 0.2) is 300 Å². The molecule has 0 aliphatic carbocycles. The van der Waals surface area contributed by atoms with Gasteiger partial charge in [-0.15, -0.1) is 0 Å². The number of allylic oxidation sites excluding steroid dienone is 9. The van der Waals surface area contributed by atoms with Crippen LogP contribution in [0.3, 0.4) is 0 Å². The highest BCUT2D eigenvalue weighted by Gasteiger charge is 2.50. The number of furan rings is 2. The fourth-order valence-corrected chi connectivity index (χ4v) is 15.0. The first-order valence-electron chi connectivity index (χ1n) is 30.9. The average molecular weight is 1140 g/mol. The second-order valence-electron chi connectivity index (χ2n) is 24.8. The van der Waals surface area contributed by atoms with Crippen LogP contribution in [0, 0.1) is 0 Å². The minimum Gasteiger partial charge on any atom is -0.456 e. The van der Waals surface area contributed by atoms with E-state index in [2.05, 4.69) is 315 Å². The van der Waals surface area contributed by atoms with Crippen LogP contribution in [0.2, 0.25) is 0 Å². The Kier molecular flexibility index (Phi) is 12.0. The number of benzene rings is 11. The van der Waals surface area contributed by atoms with Gasteiger partial charge < -0.3 is 28.4 Å². The summed E-state index contributed by atoms with van der Waals surface area (Å²) in [6.07, 6.45) is 14.4. The second kappa shape index (κ2) is 20.3. The number of fused-ring (bicyclic) bond motifs is 16. The predicted octanol–water partition coefficient (Wildman–Crippen LogP) is 17.9. The van der Waals surface area contributed by atoms with Gasteiger partial charge in [0.15, 0.2) is 0 Å². The van der Waals surface area contributed by atoms with Crippen molar-refractivity contribution in [3.05, 3.63) is 303 Å². The van der Waals surface area contributed by atoms with Crippen molar-refractivity contribution in [1.29, 1.82) is 0 Å². The molecule has 6 heterocycles. The largest absolute Gasteiger partial charge is 0.456 e. The molecule has 11 aromatic carbocycles. The van der Waals surface area contributed by atoms with E-state index in [1.54, 1.807) is 6.08 Å². The lowest BCUT2D eigenvalue weighted by molar-refractivity contribution is 0.590. The normalized spacial score (nSPS) is 14.2. The fraction of sp³-hybridized carbons (Fsp3) is 0.0617.